The Labute approximate surface area is 245 Å². The molecule has 3 aromatic rings. The molecule has 0 saturated carbocycles. The van der Waals surface area contributed by atoms with Crippen molar-refractivity contribution < 1.29 is 26.6 Å². The zero-order chi connectivity index (χ0) is 31.0. The van der Waals surface area contributed by atoms with E-state index in [9.17, 15) is 26.7 Å². The number of likely N-dealkylation sites (tertiary alicyclic amines) is 1. The molecule has 0 spiro atoms. The third-order valence-corrected chi connectivity index (χ3v) is 7.71. The first-order valence-electron chi connectivity index (χ1n) is 13.4. The van der Waals surface area contributed by atoms with Gasteiger partial charge in [-0.1, -0.05) is 17.2 Å². The van der Waals surface area contributed by atoms with E-state index in [1.54, 1.807) is 6.20 Å². The van der Waals surface area contributed by atoms with Gasteiger partial charge in [0.15, 0.2) is 0 Å². The highest BCUT2D eigenvalue weighted by Crippen LogP contribution is 2.23. The van der Waals surface area contributed by atoms with Crippen molar-refractivity contribution in [1.29, 1.82) is 0 Å². The second-order valence-corrected chi connectivity index (χ2v) is 11.2. The number of amides is 2. The Hall–Kier alpha value is -4.51. The lowest BCUT2D eigenvalue weighted by molar-refractivity contribution is -0.138. The highest BCUT2D eigenvalue weighted by Gasteiger charge is 2.38. The lowest BCUT2D eigenvalue weighted by Gasteiger charge is -2.24. The largest absolute Gasteiger partial charge is 0.378 e. The van der Waals surface area contributed by atoms with Gasteiger partial charge in [-0.3, -0.25) is 19.4 Å². The minimum absolute atomic E-state index is 0.0160. The maximum atomic E-state index is 13.1. The molecule has 3 heterocycles. The number of aromatic amines is 2. The molecular weight excluding hydrogens is 587 g/mol. The van der Waals surface area contributed by atoms with Gasteiger partial charge < -0.3 is 31.0 Å². The van der Waals surface area contributed by atoms with E-state index in [2.05, 4.69) is 35.6 Å². The summed E-state index contributed by atoms with van der Waals surface area (Å²) in [6, 6.07) is 3.71. The van der Waals surface area contributed by atoms with Crippen molar-refractivity contribution in [2.75, 3.05) is 38.6 Å². The van der Waals surface area contributed by atoms with Crippen LogP contribution in [0.4, 0.5) is 9.83 Å². The second-order valence-electron chi connectivity index (χ2n) is 9.81. The molecule has 2 atom stereocenters. The predicted molar refractivity (Wildman–Crippen MR) is 153 cm³/mol. The van der Waals surface area contributed by atoms with Gasteiger partial charge in [-0.05, 0) is 41.6 Å². The summed E-state index contributed by atoms with van der Waals surface area (Å²) in [6.45, 7) is 1.72. The van der Waals surface area contributed by atoms with Gasteiger partial charge in [0.2, 0.25) is 17.8 Å². The molecule has 1 saturated heterocycles. The van der Waals surface area contributed by atoms with Crippen LogP contribution in [0.2, 0.25) is 0 Å². The number of nitrogens with one attached hydrogen (secondary N) is 4. The van der Waals surface area contributed by atoms with Gasteiger partial charge in [0.1, 0.15) is 11.7 Å². The number of fused-ring (bicyclic) bond motifs is 1. The van der Waals surface area contributed by atoms with E-state index >= 15 is 0 Å². The molecule has 1 aliphatic rings. The molecule has 0 unspecified atom stereocenters. The van der Waals surface area contributed by atoms with Gasteiger partial charge in [0, 0.05) is 43.7 Å². The Kier molecular flexibility index (Phi) is 10.3. The third kappa shape index (κ3) is 8.29. The van der Waals surface area contributed by atoms with Crippen LogP contribution in [0.25, 0.3) is 21.5 Å². The zero-order valence-corrected chi connectivity index (χ0v) is 23.8. The first-order chi connectivity index (χ1) is 20.6. The summed E-state index contributed by atoms with van der Waals surface area (Å²) < 4.78 is 40.6. The fourth-order valence-corrected chi connectivity index (χ4v) is 5.26. The number of benzene rings is 1. The van der Waals surface area contributed by atoms with E-state index in [1.807, 2.05) is 0 Å². The van der Waals surface area contributed by atoms with Crippen LogP contribution in [0, 0.1) is 0 Å². The van der Waals surface area contributed by atoms with Crippen LogP contribution in [-0.2, 0) is 37.5 Å². The van der Waals surface area contributed by atoms with E-state index in [4.69, 9.17) is 16.0 Å². The van der Waals surface area contributed by atoms with E-state index in [-0.39, 0.29) is 56.4 Å². The number of aromatic nitrogens is 3. The van der Waals surface area contributed by atoms with Crippen LogP contribution in [0.3, 0.4) is 0 Å². The van der Waals surface area contributed by atoms with Crippen molar-refractivity contribution in [1.82, 2.24) is 30.5 Å². The molecule has 0 aliphatic carbocycles. The number of H-pyrrole nitrogens is 2. The molecule has 1 aromatic carbocycles. The molecular formula is C25H31FN10O6S. The number of halogens is 1. The fourth-order valence-electron chi connectivity index (χ4n) is 4.80. The highest BCUT2D eigenvalue weighted by atomic mass is 32.3. The lowest BCUT2D eigenvalue weighted by Crippen LogP contribution is -2.46. The van der Waals surface area contributed by atoms with Crippen molar-refractivity contribution >= 4 is 39.0 Å². The minimum Gasteiger partial charge on any atom is -0.378 e. The summed E-state index contributed by atoms with van der Waals surface area (Å²) in [5, 5.41) is 10.0. The first-order valence-corrected chi connectivity index (χ1v) is 14.7. The number of carbonyl (C=O) groups is 2. The van der Waals surface area contributed by atoms with Crippen molar-refractivity contribution in [2.24, 2.45) is 5.11 Å². The van der Waals surface area contributed by atoms with Gasteiger partial charge in [-0.15, -0.1) is 3.89 Å². The number of azide groups is 1. The topological polar surface area (TPSA) is 241 Å². The number of nitrogens with zero attached hydrogens (tertiary/aromatic N) is 5. The number of nitrogen functional groups attached to an aromatic ring is 1. The number of aryl methyl sites for hydroxylation is 1. The number of hydrogen-bond donors (Lipinski definition) is 5. The predicted octanol–water partition coefficient (Wildman–Crippen LogP) is 0.627. The van der Waals surface area contributed by atoms with Crippen LogP contribution >= 0.6 is 0 Å². The maximum absolute atomic E-state index is 13.1. The molecule has 0 bridgehead atoms. The van der Waals surface area contributed by atoms with Gasteiger partial charge in [-0.2, -0.15) is 13.4 Å². The number of hydrogen-bond acceptors (Lipinski definition) is 10. The number of rotatable bonds is 14. The second kappa shape index (κ2) is 14.1. The summed E-state index contributed by atoms with van der Waals surface area (Å²) in [7, 11) is -4.81. The molecule has 2 aromatic heterocycles. The fraction of sp³-hybridized carbons (Fsp3) is 0.440. The summed E-state index contributed by atoms with van der Waals surface area (Å²) in [5.41, 5.74) is 15.8. The van der Waals surface area contributed by atoms with Crippen LogP contribution in [0.15, 0.2) is 45.3 Å². The number of carbonyl (C=O) groups excluding carboxylic acids is 2. The van der Waals surface area contributed by atoms with Crippen LogP contribution < -0.4 is 21.9 Å². The molecule has 0 radical (unpaired) electrons. The summed E-state index contributed by atoms with van der Waals surface area (Å²) >= 11 is 0. The Bertz CT molecular complexity index is 1670. The first kappa shape index (κ1) is 31.4. The van der Waals surface area contributed by atoms with Crippen LogP contribution in [-0.4, -0.2) is 85.0 Å². The Balaban J connectivity index is 1.19. The monoisotopic (exact) mass is 618 g/mol. The minimum atomic E-state index is -4.81. The summed E-state index contributed by atoms with van der Waals surface area (Å²) in [5.74, 6) is -0.707. The number of ether oxygens (including phenoxy) is 1. The van der Waals surface area contributed by atoms with E-state index in [1.165, 1.54) is 17.0 Å². The standard InChI is InChI=1S/C25H31FN10O6S/c26-43(40,41)18-4-1-15(2-5-18)3-6-20(37)36-14-17(34-35-28)11-19(36)23(38)30-8-10-42-9-7-29-12-16-13-31-22-21(16)24(39)33-25(27)32-22/h1-2,4-5,13,17,19,29H,3,6-12,14H2,(H,30,38)(H4,27,31,32,33,39)/t17-,19-/m0/s1. The van der Waals surface area contributed by atoms with E-state index in [0.717, 1.165) is 17.7 Å². The maximum Gasteiger partial charge on any atom is 0.332 e. The molecule has 43 heavy (non-hydrogen) atoms. The molecule has 2 amide bonds. The molecule has 4 rings (SSSR count). The highest BCUT2D eigenvalue weighted by molar-refractivity contribution is 7.86. The van der Waals surface area contributed by atoms with E-state index in [0.29, 0.717) is 36.3 Å². The molecule has 16 nitrogen and oxygen atoms in total. The average molecular weight is 619 g/mol. The zero-order valence-electron chi connectivity index (χ0n) is 23.0. The average Bonchev–Trinajstić information content (AvgIpc) is 3.57. The van der Waals surface area contributed by atoms with Crippen LogP contribution in [0.1, 0.15) is 24.0 Å². The summed E-state index contributed by atoms with van der Waals surface area (Å²) in [6.07, 6.45) is 2.11. The Morgan fingerprint density at radius 2 is 2.00 bits per heavy atom. The Morgan fingerprint density at radius 3 is 2.72 bits per heavy atom. The van der Waals surface area contributed by atoms with Gasteiger partial charge >= 0.3 is 10.2 Å². The number of anilines is 1. The van der Waals surface area contributed by atoms with Gasteiger partial charge in [0.25, 0.3) is 5.56 Å². The van der Waals surface area contributed by atoms with Crippen molar-refractivity contribution in [3.63, 3.8) is 0 Å². The van der Waals surface area contributed by atoms with E-state index < -0.39 is 33.1 Å². The quantitative estimate of drug-likeness (QED) is 0.0558. The Morgan fingerprint density at radius 1 is 1.26 bits per heavy atom. The SMILES string of the molecule is [N-]=[N+]=N[C@H]1C[C@@H](C(=O)NCCOCCNCc2c[nH]c3nc(N)[nH]c(=O)c23)N(C(=O)CCc2ccc(S(=O)(=O)F)cc2)C1. The van der Waals surface area contributed by atoms with Crippen LogP contribution in [0.5, 0.6) is 0 Å². The summed E-state index contributed by atoms with van der Waals surface area (Å²) in [4.78, 5) is 51.1. The lowest BCUT2D eigenvalue weighted by atomic mass is 10.1. The normalized spacial score (nSPS) is 16.7. The molecule has 1 fully saturated rings. The molecule has 18 heteroatoms. The van der Waals surface area contributed by atoms with Crippen molar-refractivity contribution in [2.45, 2.75) is 42.8 Å². The molecule has 6 N–H and O–H groups in total. The third-order valence-electron chi connectivity index (χ3n) is 6.88. The smallest absolute Gasteiger partial charge is 0.332 e. The molecule has 1 aliphatic heterocycles. The molecule has 230 valence electrons. The van der Waals surface area contributed by atoms with Crippen molar-refractivity contribution in [3.05, 3.63) is 62.4 Å². The van der Waals surface area contributed by atoms with Crippen molar-refractivity contribution in [3.8, 4) is 0 Å². The van der Waals surface area contributed by atoms with Gasteiger partial charge in [0.05, 0.1) is 29.5 Å². The number of nitrogens with two attached hydrogens (primary N) is 1. The van der Waals surface area contributed by atoms with Gasteiger partial charge in [-0.25, -0.2) is 0 Å².